The molecule has 0 spiro atoms. The van der Waals surface area contributed by atoms with E-state index in [4.69, 9.17) is 5.73 Å². The maximum absolute atomic E-state index is 5.82. The Bertz CT molecular complexity index is 154. The smallest absolute Gasteiger partial charge is 0.0223 e. The van der Waals surface area contributed by atoms with Crippen LogP contribution in [0.25, 0.3) is 0 Å². The van der Waals surface area contributed by atoms with Gasteiger partial charge < -0.3 is 10.6 Å². The van der Waals surface area contributed by atoms with Gasteiger partial charge in [0.25, 0.3) is 0 Å². The second-order valence-electron chi connectivity index (χ2n) is 5.35. The number of nitrogens with two attached hydrogens (primary N) is 1. The highest BCUT2D eigenvalue weighted by Crippen LogP contribution is 2.17. The first-order valence-electron chi connectivity index (χ1n) is 5.88. The van der Waals surface area contributed by atoms with E-state index in [1.807, 2.05) is 11.8 Å². The van der Waals surface area contributed by atoms with Crippen LogP contribution in [-0.4, -0.2) is 42.6 Å². The topological polar surface area (TPSA) is 29.3 Å². The Morgan fingerprint density at radius 1 is 1.33 bits per heavy atom. The van der Waals surface area contributed by atoms with Crippen molar-refractivity contribution < 1.29 is 0 Å². The third kappa shape index (κ3) is 8.12. The van der Waals surface area contributed by atoms with Crippen molar-refractivity contribution in [3.8, 4) is 0 Å². The first-order valence-corrected chi connectivity index (χ1v) is 7.04. The predicted octanol–water partition coefficient (Wildman–Crippen LogP) is 2.43. The molecule has 0 saturated heterocycles. The normalized spacial score (nSPS) is 14.6. The summed E-state index contributed by atoms with van der Waals surface area (Å²) in [4.78, 5) is 2.41. The molecule has 0 aliphatic heterocycles. The van der Waals surface area contributed by atoms with Gasteiger partial charge in [0.2, 0.25) is 0 Å². The number of rotatable bonds is 7. The summed E-state index contributed by atoms with van der Waals surface area (Å²) in [5.74, 6) is 2.44. The van der Waals surface area contributed by atoms with Crippen LogP contribution in [0.15, 0.2) is 0 Å². The van der Waals surface area contributed by atoms with E-state index in [2.05, 4.69) is 39.6 Å². The lowest BCUT2D eigenvalue weighted by molar-refractivity contribution is 0.172. The summed E-state index contributed by atoms with van der Waals surface area (Å²) in [6, 6.07) is 0.545. The van der Waals surface area contributed by atoms with E-state index < -0.39 is 0 Å². The Morgan fingerprint density at radius 2 is 1.93 bits per heavy atom. The van der Waals surface area contributed by atoms with Gasteiger partial charge >= 0.3 is 0 Å². The molecular weight excluding hydrogens is 204 g/mol. The Balaban J connectivity index is 3.93. The van der Waals surface area contributed by atoms with E-state index in [1.165, 1.54) is 17.9 Å². The molecule has 0 saturated carbocycles. The van der Waals surface area contributed by atoms with Crippen LogP contribution in [0.2, 0.25) is 0 Å². The van der Waals surface area contributed by atoms with E-state index in [0.717, 1.165) is 13.1 Å². The van der Waals surface area contributed by atoms with Crippen LogP contribution < -0.4 is 5.73 Å². The van der Waals surface area contributed by atoms with Crippen LogP contribution in [0.4, 0.5) is 0 Å². The molecule has 2 nitrogen and oxygen atoms in total. The van der Waals surface area contributed by atoms with Crippen LogP contribution in [0, 0.1) is 5.41 Å². The molecule has 0 aliphatic rings. The van der Waals surface area contributed by atoms with Crippen LogP contribution >= 0.6 is 11.8 Å². The summed E-state index contributed by atoms with van der Waals surface area (Å²) in [6.45, 7) is 10.9. The van der Waals surface area contributed by atoms with Gasteiger partial charge in [-0.1, -0.05) is 27.7 Å². The summed E-state index contributed by atoms with van der Waals surface area (Å²) in [6.07, 6.45) is 1.21. The van der Waals surface area contributed by atoms with Crippen molar-refractivity contribution >= 4 is 11.8 Å². The van der Waals surface area contributed by atoms with Gasteiger partial charge in [0.15, 0.2) is 0 Å². The molecule has 0 heterocycles. The molecule has 0 aromatic rings. The largest absolute Gasteiger partial charge is 0.329 e. The van der Waals surface area contributed by atoms with Crippen molar-refractivity contribution in [3.63, 3.8) is 0 Å². The molecule has 0 radical (unpaired) electrons. The minimum absolute atomic E-state index is 0.361. The molecule has 0 aromatic heterocycles. The highest BCUT2D eigenvalue weighted by atomic mass is 32.2. The van der Waals surface area contributed by atoms with Gasteiger partial charge in [0.05, 0.1) is 0 Å². The van der Waals surface area contributed by atoms with E-state index in [9.17, 15) is 0 Å². The van der Waals surface area contributed by atoms with Crippen molar-refractivity contribution in [2.45, 2.75) is 40.2 Å². The van der Waals surface area contributed by atoms with E-state index in [1.54, 1.807) is 0 Å². The summed E-state index contributed by atoms with van der Waals surface area (Å²) >= 11 is 2.00. The summed E-state index contributed by atoms with van der Waals surface area (Å²) in [7, 11) is 2.19. The molecule has 2 N–H and O–H groups in total. The van der Waals surface area contributed by atoms with Crippen molar-refractivity contribution in [3.05, 3.63) is 0 Å². The van der Waals surface area contributed by atoms with Gasteiger partial charge in [0, 0.05) is 19.1 Å². The van der Waals surface area contributed by atoms with Gasteiger partial charge in [-0.3, -0.25) is 0 Å². The quantitative estimate of drug-likeness (QED) is 0.684. The van der Waals surface area contributed by atoms with Gasteiger partial charge in [-0.2, -0.15) is 11.8 Å². The molecule has 1 atom stereocenters. The average molecular weight is 232 g/mol. The second-order valence-corrected chi connectivity index (χ2v) is 6.74. The average Bonchev–Trinajstić information content (AvgIpc) is 2.09. The molecule has 1 unspecified atom stereocenters. The van der Waals surface area contributed by atoms with Crippen LogP contribution in [-0.2, 0) is 0 Å². The SMILES string of the molecule is CCSCCC(CN)N(C)CC(C)(C)C. The number of nitrogens with zero attached hydrogens (tertiary/aromatic N) is 1. The summed E-state index contributed by atoms with van der Waals surface area (Å²) in [5.41, 5.74) is 6.19. The molecule has 0 amide bonds. The highest BCUT2D eigenvalue weighted by molar-refractivity contribution is 7.99. The Kier molecular flexibility index (Phi) is 7.66. The number of likely N-dealkylation sites (N-methyl/N-ethyl adjacent to an activating group) is 1. The third-order valence-corrected chi connectivity index (χ3v) is 3.35. The zero-order valence-electron chi connectivity index (χ0n) is 11.0. The van der Waals surface area contributed by atoms with Gasteiger partial charge in [-0.15, -0.1) is 0 Å². The molecule has 92 valence electrons. The Hall–Kier alpha value is 0.270. The minimum atomic E-state index is 0.361. The van der Waals surface area contributed by atoms with Crippen molar-refractivity contribution in [2.75, 3.05) is 31.6 Å². The lowest BCUT2D eigenvalue weighted by atomic mass is 9.95. The molecule has 0 rings (SSSR count). The standard InChI is InChI=1S/C12H28N2S/c1-6-15-8-7-11(9-13)14(5)10-12(2,3)4/h11H,6-10,13H2,1-5H3. The maximum atomic E-state index is 5.82. The maximum Gasteiger partial charge on any atom is 0.0223 e. The molecule has 0 aromatic carbocycles. The Morgan fingerprint density at radius 3 is 2.33 bits per heavy atom. The molecule has 0 fully saturated rings. The van der Waals surface area contributed by atoms with Crippen LogP contribution in [0.3, 0.4) is 0 Å². The lowest BCUT2D eigenvalue weighted by Crippen LogP contribution is -2.42. The van der Waals surface area contributed by atoms with Crippen molar-refractivity contribution in [1.82, 2.24) is 4.90 Å². The van der Waals surface area contributed by atoms with Gasteiger partial charge in [-0.25, -0.2) is 0 Å². The summed E-state index contributed by atoms with van der Waals surface area (Å²) < 4.78 is 0. The van der Waals surface area contributed by atoms with Crippen molar-refractivity contribution in [2.24, 2.45) is 11.1 Å². The minimum Gasteiger partial charge on any atom is -0.329 e. The zero-order chi connectivity index (χ0) is 11.9. The van der Waals surface area contributed by atoms with Crippen molar-refractivity contribution in [1.29, 1.82) is 0 Å². The van der Waals surface area contributed by atoms with E-state index in [-0.39, 0.29) is 0 Å². The van der Waals surface area contributed by atoms with E-state index >= 15 is 0 Å². The number of hydrogen-bond acceptors (Lipinski definition) is 3. The first kappa shape index (κ1) is 15.3. The molecular formula is C12H28N2S. The highest BCUT2D eigenvalue weighted by Gasteiger charge is 2.19. The predicted molar refractivity (Wildman–Crippen MR) is 72.5 cm³/mol. The third-order valence-electron chi connectivity index (χ3n) is 2.42. The molecule has 15 heavy (non-hydrogen) atoms. The molecule has 3 heteroatoms. The fourth-order valence-corrected chi connectivity index (χ4v) is 2.49. The van der Waals surface area contributed by atoms with Gasteiger partial charge in [0.1, 0.15) is 0 Å². The fourth-order valence-electron chi connectivity index (χ4n) is 1.76. The fraction of sp³-hybridized carbons (Fsp3) is 1.00. The monoisotopic (exact) mass is 232 g/mol. The van der Waals surface area contributed by atoms with E-state index in [0.29, 0.717) is 11.5 Å². The number of hydrogen-bond donors (Lipinski definition) is 1. The molecule has 0 bridgehead atoms. The number of thioether (sulfide) groups is 1. The lowest BCUT2D eigenvalue weighted by Gasteiger charge is -2.32. The van der Waals surface area contributed by atoms with Crippen LogP contribution in [0.5, 0.6) is 0 Å². The Labute approximate surface area is 100.0 Å². The first-order chi connectivity index (χ1) is 6.90. The second kappa shape index (κ2) is 7.53. The zero-order valence-corrected chi connectivity index (χ0v) is 11.9. The van der Waals surface area contributed by atoms with Crippen LogP contribution in [0.1, 0.15) is 34.1 Å². The summed E-state index contributed by atoms with van der Waals surface area (Å²) in [5, 5.41) is 0. The van der Waals surface area contributed by atoms with Gasteiger partial charge in [-0.05, 0) is 30.4 Å². The molecule has 0 aliphatic carbocycles.